The molecule has 106 valence electrons. The van der Waals surface area contributed by atoms with Crippen LogP contribution in [0.3, 0.4) is 0 Å². The van der Waals surface area contributed by atoms with Gasteiger partial charge in [-0.1, -0.05) is 0 Å². The quantitative estimate of drug-likeness (QED) is 0.667. The summed E-state index contributed by atoms with van der Waals surface area (Å²) >= 11 is 0. The van der Waals surface area contributed by atoms with Gasteiger partial charge in [-0.2, -0.15) is 0 Å². The zero-order valence-corrected chi connectivity index (χ0v) is 12.0. The SMILES string of the molecule is CNc1cc(C)ncc1C(=O)NCCS(=O)(=O)NC. The van der Waals surface area contributed by atoms with E-state index in [-0.39, 0.29) is 18.2 Å². The topological polar surface area (TPSA) is 100 Å². The summed E-state index contributed by atoms with van der Waals surface area (Å²) in [6.07, 6.45) is 1.46. The summed E-state index contributed by atoms with van der Waals surface area (Å²) in [6.45, 7) is 1.86. The molecule has 0 fully saturated rings. The van der Waals surface area contributed by atoms with Crippen molar-refractivity contribution in [3.63, 3.8) is 0 Å². The van der Waals surface area contributed by atoms with Crippen molar-refractivity contribution in [2.45, 2.75) is 6.92 Å². The van der Waals surface area contributed by atoms with Crippen LogP contribution >= 0.6 is 0 Å². The van der Waals surface area contributed by atoms with Crippen molar-refractivity contribution < 1.29 is 13.2 Å². The number of carbonyl (C=O) groups excluding carboxylic acids is 1. The van der Waals surface area contributed by atoms with Crippen LogP contribution in [0.25, 0.3) is 0 Å². The second-order valence-corrected chi connectivity index (χ2v) is 5.95. The minimum atomic E-state index is -3.32. The number of hydrogen-bond acceptors (Lipinski definition) is 5. The minimum Gasteiger partial charge on any atom is -0.387 e. The van der Waals surface area contributed by atoms with Crippen molar-refractivity contribution in [2.75, 3.05) is 31.7 Å². The molecule has 1 aromatic heterocycles. The van der Waals surface area contributed by atoms with Crippen LogP contribution in [0.15, 0.2) is 12.3 Å². The van der Waals surface area contributed by atoms with Gasteiger partial charge in [0.05, 0.1) is 17.0 Å². The third kappa shape index (κ3) is 4.49. The Labute approximate surface area is 112 Å². The number of amides is 1. The van der Waals surface area contributed by atoms with Gasteiger partial charge in [-0.3, -0.25) is 9.78 Å². The maximum atomic E-state index is 11.9. The summed E-state index contributed by atoms with van der Waals surface area (Å²) in [7, 11) is -0.277. The van der Waals surface area contributed by atoms with E-state index < -0.39 is 10.0 Å². The molecule has 1 amide bonds. The third-order valence-electron chi connectivity index (χ3n) is 2.52. The van der Waals surface area contributed by atoms with Crippen molar-refractivity contribution in [1.29, 1.82) is 0 Å². The summed E-state index contributed by atoms with van der Waals surface area (Å²) in [6, 6.07) is 1.75. The Hall–Kier alpha value is -1.67. The largest absolute Gasteiger partial charge is 0.387 e. The van der Waals surface area contributed by atoms with E-state index in [0.29, 0.717) is 11.3 Å². The van der Waals surface area contributed by atoms with Gasteiger partial charge in [0.2, 0.25) is 10.0 Å². The fraction of sp³-hybridized carbons (Fsp3) is 0.455. The van der Waals surface area contributed by atoms with Crippen LogP contribution in [-0.4, -0.2) is 45.7 Å². The van der Waals surface area contributed by atoms with Crippen LogP contribution < -0.4 is 15.4 Å². The first-order valence-electron chi connectivity index (χ1n) is 5.73. The highest BCUT2D eigenvalue weighted by Gasteiger charge is 2.13. The number of pyridine rings is 1. The number of nitrogens with one attached hydrogen (secondary N) is 3. The highest BCUT2D eigenvalue weighted by Crippen LogP contribution is 2.14. The fourth-order valence-electron chi connectivity index (χ4n) is 1.44. The monoisotopic (exact) mass is 286 g/mol. The van der Waals surface area contributed by atoms with Gasteiger partial charge >= 0.3 is 0 Å². The van der Waals surface area contributed by atoms with E-state index in [1.807, 2.05) is 6.92 Å². The Morgan fingerprint density at radius 3 is 2.63 bits per heavy atom. The molecule has 19 heavy (non-hydrogen) atoms. The van der Waals surface area contributed by atoms with Crippen LogP contribution in [0.4, 0.5) is 5.69 Å². The lowest BCUT2D eigenvalue weighted by atomic mass is 10.2. The van der Waals surface area contributed by atoms with Crippen LogP contribution in [0.1, 0.15) is 16.1 Å². The van der Waals surface area contributed by atoms with E-state index in [1.54, 1.807) is 13.1 Å². The summed E-state index contributed by atoms with van der Waals surface area (Å²) in [5.41, 5.74) is 1.83. The van der Waals surface area contributed by atoms with E-state index >= 15 is 0 Å². The van der Waals surface area contributed by atoms with Gasteiger partial charge in [-0.15, -0.1) is 0 Å². The van der Waals surface area contributed by atoms with Crippen LogP contribution in [-0.2, 0) is 10.0 Å². The molecule has 1 rings (SSSR count). The Balaban J connectivity index is 2.69. The molecular weight excluding hydrogens is 268 g/mol. The molecule has 0 aliphatic carbocycles. The molecule has 0 atom stereocenters. The summed E-state index contributed by atoms with van der Waals surface area (Å²) in [5.74, 6) is -0.521. The second-order valence-electron chi connectivity index (χ2n) is 3.90. The van der Waals surface area contributed by atoms with Crippen LogP contribution in [0.5, 0.6) is 0 Å². The van der Waals surface area contributed by atoms with E-state index in [4.69, 9.17) is 0 Å². The summed E-state index contributed by atoms with van der Waals surface area (Å²) in [5, 5.41) is 5.45. The van der Waals surface area contributed by atoms with Crippen molar-refractivity contribution in [3.8, 4) is 0 Å². The molecule has 0 saturated heterocycles. The van der Waals surface area contributed by atoms with Gasteiger partial charge in [0.15, 0.2) is 0 Å². The molecule has 0 unspecified atom stereocenters. The highest BCUT2D eigenvalue weighted by molar-refractivity contribution is 7.89. The first kappa shape index (κ1) is 15.4. The molecule has 3 N–H and O–H groups in total. The number of aryl methyl sites for hydroxylation is 1. The minimum absolute atomic E-state index is 0.0407. The zero-order valence-electron chi connectivity index (χ0n) is 11.1. The molecule has 0 radical (unpaired) electrons. The normalized spacial score (nSPS) is 11.1. The van der Waals surface area contributed by atoms with Crippen LogP contribution in [0.2, 0.25) is 0 Å². The molecule has 0 aliphatic rings. The van der Waals surface area contributed by atoms with Gasteiger partial charge in [-0.05, 0) is 20.0 Å². The predicted molar refractivity (Wildman–Crippen MR) is 73.7 cm³/mol. The Morgan fingerprint density at radius 2 is 2.05 bits per heavy atom. The lowest BCUT2D eigenvalue weighted by molar-refractivity contribution is 0.0956. The predicted octanol–water partition coefficient (Wildman–Crippen LogP) is -0.289. The molecule has 0 saturated carbocycles. The number of anilines is 1. The lowest BCUT2D eigenvalue weighted by Crippen LogP contribution is -2.33. The highest BCUT2D eigenvalue weighted by atomic mass is 32.2. The molecule has 0 spiro atoms. The van der Waals surface area contributed by atoms with Crippen molar-refractivity contribution in [1.82, 2.24) is 15.0 Å². The Kier molecular flexibility index (Phi) is 5.25. The summed E-state index contributed by atoms with van der Waals surface area (Å²) in [4.78, 5) is 16.0. The molecule has 1 heterocycles. The fourth-order valence-corrected chi connectivity index (χ4v) is 2.02. The van der Waals surface area contributed by atoms with Gasteiger partial charge in [0.1, 0.15) is 0 Å². The van der Waals surface area contributed by atoms with E-state index in [0.717, 1.165) is 5.69 Å². The number of nitrogens with zero attached hydrogens (tertiary/aromatic N) is 1. The number of hydrogen-bond donors (Lipinski definition) is 3. The third-order valence-corrected chi connectivity index (χ3v) is 3.89. The number of rotatable bonds is 6. The molecular formula is C11H18N4O3S. The lowest BCUT2D eigenvalue weighted by Gasteiger charge is -2.10. The number of carbonyl (C=O) groups is 1. The van der Waals surface area contributed by atoms with E-state index in [2.05, 4.69) is 20.3 Å². The molecule has 0 aromatic carbocycles. The molecule has 7 nitrogen and oxygen atoms in total. The zero-order chi connectivity index (χ0) is 14.5. The van der Waals surface area contributed by atoms with Gasteiger partial charge in [-0.25, -0.2) is 13.1 Å². The molecule has 8 heteroatoms. The van der Waals surface area contributed by atoms with Crippen LogP contribution in [0, 0.1) is 6.92 Å². The Morgan fingerprint density at radius 1 is 1.37 bits per heavy atom. The van der Waals surface area contributed by atoms with Crippen molar-refractivity contribution in [3.05, 3.63) is 23.5 Å². The first-order chi connectivity index (χ1) is 8.89. The maximum absolute atomic E-state index is 11.9. The smallest absolute Gasteiger partial charge is 0.254 e. The first-order valence-corrected chi connectivity index (χ1v) is 7.38. The average molecular weight is 286 g/mol. The summed E-state index contributed by atoms with van der Waals surface area (Å²) < 4.78 is 24.6. The van der Waals surface area contributed by atoms with Crippen molar-refractivity contribution >= 4 is 21.6 Å². The maximum Gasteiger partial charge on any atom is 0.254 e. The number of sulfonamides is 1. The number of aromatic nitrogens is 1. The standard InChI is InChI=1S/C11H18N4O3S/c1-8-6-10(12-2)9(7-15-8)11(16)14-4-5-19(17,18)13-3/h6-7,13H,4-5H2,1-3H3,(H,12,15)(H,14,16). The average Bonchev–Trinajstić information content (AvgIpc) is 2.38. The van der Waals surface area contributed by atoms with Gasteiger partial charge in [0, 0.05) is 25.5 Å². The molecule has 0 aliphatic heterocycles. The van der Waals surface area contributed by atoms with Gasteiger partial charge < -0.3 is 10.6 Å². The molecule has 1 aromatic rings. The second kappa shape index (κ2) is 6.48. The van der Waals surface area contributed by atoms with Crippen molar-refractivity contribution in [2.24, 2.45) is 0 Å². The molecule has 0 bridgehead atoms. The van der Waals surface area contributed by atoms with E-state index in [9.17, 15) is 13.2 Å². The van der Waals surface area contributed by atoms with E-state index in [1.165, 1.54) is 13.2 Å². The van der Waals surface area contributed by atoms with Gasteiger partial charge in [0.25, 0.3) is 5.91 Å². The Bertz CT molecular complexity index is 557.